The molecule has 5 heteroatoms. The molecule has 4 nitrogen and oxygen atoms in total. The van der Waals surface area contributed by atoms with Crippen molar-refractivity contribution in [3.05, 3.63) is 59.7 Å². The van der Waals surface area contributed by atoms with Crippen molar-refractivity contribution >= 4 is 15.7 Å². The van der Waals surface area contributed by atoms with Gasteiger partial charge in [-0.1, -0.05) is 37.3 Å². The van der Waals surface area contributed by atoms with Crippen LogP contribution in [0.2, 0.25) is 0 Å². The molecule has 132 valence electrons. The highest BCUT2D eigenvalue weighted by Crippen LogP contribution is 2.12. The molecule has 0 aromatic heterocycles. The molecule has 1 N–H and O–H groups in total. The van der Waals surface area contributed by atoms with E-state index in [2.05, 4.69) is 23.5 Å². The molecule has 0 saturated carbocycles. The van der Waals surface area contributed by atoms with Gasteiger partial charge in [-0.25, -0.2) is 8.42 Å². The number of aryl methyl sites for hydroxylation is 1. The molecule has 0 bridgehead atoms. The molecular weight excluding hydrogens is 332 g/mol. The zero-order chi connectivity index (χ0) is 18.3. The molecule has 2 rings (SSSR count). The number of benzene rings is 2. The van der Waals surface area contributed by atoms with Gasteiger partial charge in [0.1, 0.15) is 0 Å². The maximum atomic E-state index is 12.2. The minimum atomic E-state index is -3.52. The van der Waals surface area contributed by atoms with E-state index in [-0.39, 0.29) is 11.4 Å². The summed E-state index contributed by atoms with van der Waals surface area (Å²) in [6.45, 7) is 2.17. The van der Waals surface area contributed by atoms with Gasteiger partial charge in [0.05, 0.1) is 11.4 Å². The van der Waals surface area contributed by atoms with E-state index < -0.39 is 10.0 Å². The predicted octanol–water partition coefficient (Wildman–Crippen LogP) is 3.04. The van der Waals surface area contributed by atoms with E-state index in [1.807, 2.05) is 55.4 Å². The Kier molecular flexibility index (Phi) is 6.63. The van der Waals surface area contributed by atoms with Gasteiger partial charge in [-0.3, -0.25) is 0 Å². The molecule has 2 aromatic carbocycles. The van der Waals surface area contributed by atoms with Crippen molar-refractivity contribution in [3.63, 3.8) is 0 Å². The van der Waals surface area contributed by atoms with Gasteiger partial charge in [-0.15, -0.1) is 0 Å². The van der Waals surface area contributed by atoms with Crippen molar-refractivity contribution in [2.45, 2.75) is 24.7 Å². The first-order valence-electron chi connectivity index (χ1n) is 8.27. The molecule has 0 aliphatic heterocycles. The topological polar surface area (TPSA) is 49.4 Å². The number of hydrogen-bond acceptors (Lipinski definition) is 3. The number of anilines is 1. The SMILES string of the molecule is CCCc1ccc(S(=O)(=O)NCC#Cc2ccc(N(C)C)cc2)cc1. The van der Waals surface area contributed by atoms with Crippen molar-refractivity contribution in [3.8, 4) is 11.8 Å². The number of hydrogen-bond donors (Lipinski definition) is 1. The molecule has 0 saturated heterocycles. The van der Waals surface area contributed by atoms with Crippen LogP contribution in [0.4, 0.5) is 5.69 Å². The largest absolute Gasteiger partial charge is 0.378 e. The first-order chi connectivity index (χ1) is 11.9. The third kappa shape index (κ3) is 5.63. The first-order valence-corrected chi connectivity index (χ1v) is 9.75. The van der Waals surface area contributed by atoms with Crippen molar-refractivity contribution in [2.24, 2.45) is 0 Å². The Morgan fingerprint density at radius 2 is 1.64 bits per heavy atom. The van der Waals surface area contributed by atoms with Gasteiger partial charge in [0.15, 0.2) is 0 Å². The lowest BCUT2D eigenvalue weighted by Crippen LogP contribution is -2.24. The van der Waals surface area contributed by atoms with Crippen LogP contribution in [0.1, 0.15) is 24.5 Å². The summed E-state index contributed by atoms with van der Waals surface area (Å²) in [7, 11) is 0.429. The molecule has 0 amide bonds. The summed E-state index contributed by atoms with van der Waals surface area (Å²) in [5, 5.41) is 0. The molecule has 0 spiro atoms. The standard InChI is InChI=1S/C20H24N2O2S/c1-4-6-17-10-14-20(15-11-17)25(23,24)21-16-5-7-18-8-12-19(13-9-18)22(2)3/h8-15,21H,4,6,16H2,1-3H3. The summed E-state index contributed by atoms with van der Waals surface area (Å²) in [5.41, 5.74) is 3.09. The number of nitrogens with zero attached hydrogens (tertiary/aromatic N) is 1. The van der Waals surface area contributed by atoms with E-state index in [1.54, 1.807) is 12.1 Å². The molecule has 0 radical (unpaired) electrons. The van der Waals surface area contributed by atoms with E-state index in [4.69, 9.17) is 0 Å². The second-order valence-electron chi connectivity index (χ2n) is 5.96. The Morgan fingerprint density at radius 1 is 1.00 bits per heavy atom. The van der Waals surface area contributed by atoms with Crippen LogP contribution in [0.25, 0.3) is 0 Å². The monoisotopic (exact) mass is 356 g/mol. The van der Waals surface area contributed by atoms with Crippen LogP contribution in [-0.2, 0) is 16.4 Å². The Morgan fingerprint density at radius 3 is 2.20 bits per heavy atom. The van der Waals surface area contributed by atoms with Gasteiger partial charge in [-0.2, -0.15) is 4.72 Å². The second kappa shape index (κ2) is 8.70. The molecular formula is C20H24N2O2S. The lowest BCUT2D eigenvalue weighted by Gasteiger charge is -2.11. The van der Waals surface area contributed by atoms with Gasteiger partial charge in [0.2, 0.25) is 10.0 Å². The smallest absolute Gasteiger partial charge is 0.241 e. The summed E-state index contributed by atoms with van der Waals surface area (Å²) in [6.07, 6.45) is 1.99. The molecule has 0 unspecified atom stereocenters. The fourth-order valence-corrected chi connectivity index (χ4v) is 3.25. The summed E-state index contributed by atoms with van der Waals surface area (Å²) in [6, 6.07) is 14.8. The van der Waals surface area contributed by atoms with E-state index in [1.165, 1.54) is 0 Å². The van der Waals surface area contributed by atoms with Crippen LogP contribution < -0.4 is 9.62 Å². The van der Waals surface area contributed by atoms with Crippen molar-refractivity contribution < 1.29 is 8.42 Å². The fraction of sp³-hybridized carbons (Fsp3) is 0.300. The number of sulfonamides is 1. The first kappa shape index (κ1) is 19.0. The molecule has 0 aliphatic carbocycles. The van der Waals surface area contributed by atoms with Crippen LogP contribution in [0, 0.1) is 11.8 Å². The minimum Gasteiger partial charge on any atom is -0.378 e. The lowest BCUT2D eigenvalue weighted by atomic mass is 10.1. The summed E-state index contributed by atoms with van der Waals surface area (Å²) < 4.78 is 27.0. The lowest BCUT2D eigenvalue weighted by molar-refractivity contribution is 0.586. The van der Waals surface area contributed by atoms with Crippen LogP contribution in [0.15, 0.2) is 53.4 Å². The summed E-state index contributed by atoms with van der Waals surface area (Å²) >= 11 is 0. The number of nitrogens with one attached hydrogen (secondary N) is 1. The molecule has 0 aliphatic rings. The Balaban J connectivity index is 1.96. The van der Waals surface area contributed by atoms with Crippen molar-refractivity contribution in [1.82, 2.24) is 4.72 Å². The van der Waals surface area contributed by atoms with Crippen molar-refractivity contribution in [2.75, 3.05) is 25.5 Å². The molecule has 0 fully saturated rings. The summed E-state index contributed by atoms with van der Waals surface area (Å²) in [4.78, 5) is 2.28. The highest BCUT2D eigenvalue weighted by molar-refractivity contribution is 7.89. The van der Waals surface area contributed by atoms with Gasteiger partial charge < -0.3 is 4.90 Å². The average molecular weight is 356 g/mol. The molecule has 0 heterocycles. The fourth-order valence-electron chi connectivity index (χ4n) is 2.33. The van der Waals surface area contributed by atoms with Crippen molar-refractivity contribution in [1.29, 1.82) is 0 Å². The Hall–Kier alpha value is -2.29. The van der Waals surface area contributed by atoms with E-state index >= 15 is 0 Å². The minimum absolute atomic E-state index is 0.0779. The average Bonchev–Trinajstić information content (AvgIpc) is 2.60. The van der Waals surface area contributed by atoms with Gasteiger partial charge in [0, 0.05) is 25.3 Å². The second-order valence-corrected chi connectivity index (χ2v) is 7.73. The zero-order valence-electron chi connectivity index (χ0n) is 14.9. The maximum absolute atomic E-state index is 12.2. The summed E-state index contributed by atoms with van der Waals surface area (Å²) in [5.74, 6) is 5.82. The van der Waals surface area contributed by atoms with Crippen LogP contribution in [0.5, 0.6) is 0 Å². The van der Waals surface area contributed by atoms with Gasteiger partial charge in [-0.05, 0) is 48.4 Å². The van der Waals surface area contributed by atoms with Crippen LogP contribution in [0.3, 0.4) is 0 Å². The highest BCUT2D eigenvalue weighted by atomic mass is 32.2. The normalized spacial score (nSPS) is 10.8. The molecule has 25 heavy (non-hydrogen) atoms. The maximum Gasteiger partial charge on any atom is 0.241 e. The van der Waals surface area contributed by atoms with E-state index in [0.717, 1.165) is 29.7 Å². The van der Waals surface area contributed by atoms with Gasteiger partial charge >= 0.3 is 0 Å². The molecule has 2 aromatic rings. The zero-order valence-corrected chi connectivity index (χ0v) is 15.7. The number of rotatable bonds is 6. The van der Waals surface area contributed by atoms with Crippen LogP contribution >= 0.6 is 0 Å². The Labute approximate surface area is 150 Å². The predicted molar refractivity (Wildman–Crippen MR) is 103 cm³/mol. The molecule has 0 atom stereocenters. The van der Waals surface area contributed by atoms with E-state index in [0.29, 0.717) is 0 Å². The highest BCUT2D eigenvalue weighted by Gasteiger charge is 2.12. The third-order valence-corrected chi connectivity index (χ3v) is 5.16. The quantitative estimate of drug-likeness (QED) is 0.810. The van der Waals surface area contributed by atoms with E-state index in [9.17, 15) is 8.42 Å². The Bertz CT molecular complexity index is 843. The van der Waals surface area contributed by atoms with Gasteiger partial charge in [0.25, 0.3) is 0 Å². The van der Waals surface area contributed by atoms with Crippen LogP contribution in [-0.4, -0.2) is 29.1 Å². The third-order valence-electron chi connectivity index (χ3n) is 3.74.